The Morgan fingerprint density at radius 1 is 1.06 bits per heavy atom. The third kappa shape index (κ3) is 5.39. The number of aromatic nitrogens is 1. The molecule has 33 heavy (non-hydrogen) atoms. The summed E-state index contributed by atoms with van der Waals surface area (Å²) in [6, 6.07) is 16.1. The van der Waals surface area contributed by atoms with Crippen molar-refractivity contribution in [2.45, 2.75) is 19.6 Å². The lowest BCUT2D eigenvalue weighted by molar-refractivity contribution is -0.124. The molecule has 0 spiro atoms. The molecular formula is C24H24N4O5. The van der Waals surface area contributed by atoms with E-state index in [1.807, 2.05) is 18.2 Å². The van der Waals surface area contributed by atoms with Gasteiger partial charge in [-0.05, 0) is 48.9 Å². The number of hydrogen-bond acceptors (Lipinski definition) is 7. The van der Waals surface area contributed by atoms with Crippen LogP contribution in [0.4, 0.5) is 17.2 Å². The normalized spacial score (nSPS) is 12.7. The van der Waals surface area contributed by atoms with Crippen LogP contribution in [0.3, 0.4) is 0 Å². The van der Waals surface area contributed by atoms with Crippen molar-refractivity contribution in [3.8, 4) is 11.5 Å². The molecule has 1 atom stereocenters. The third-order valence-electron chi connectivity index (χ3n) is 5.08. The van der Waals surface area contributed by atoms with Crippen LogP contribution in [-0.4, -0.2) is 36.8 Å². The minimum atomic E-state index is -0.580. The predicted molar refractivity (Wildman–Crippen MR) is 124 cm³/mol. The van der Waals surface area contributed by atoms with Crippen LogP contribution in [0.1, 0.15) is 22.8 Å². The fourth-order valence-electron chi connectivity index (χ4n) is 3.19. The summed E-state index contributed by atoms with van der Waals surface area (Å²) in [5, 5.41) is 8.89. The van der Waals surface area contributed by atoms with E-state index >= 15 is 0 Å². The number of pyridine rings is 1. The number of rotatable bonds is 8. The van der Waals surface area contributed by atoms with Gasteiger partial charge in [0.15, 0.2) is 11.5 Å². The molecule has 9 heteroatoms. The second-order valence-electron chi connectivity index (χ2n) is 7.34. The van der Waals surface area contributed by atoms with Crippen molar-refractivity contribution in [1.82, 2.24) is 4.98 Å². The van der Waals surface area contributed by atoms with Crippen LogP contribution in [0.2, 0.25) is 0 Å². The van der Waals surface area contributed by atoms with Gasteiger partial charge in [0.25, 0.3) is 11.8 Å². The first kappa shape index (κ1) is 22.1. The Balaban J connectivity index is 1.42. The van der Waals surface area contributed by atoms with Crippen molar-refractivity contribution in [3.63, 3.8) is 0 Å². The largest absolute Gasteiger partial charge is 0.454 e. The first-order valence-corrected chi connectivity index (χ1v) is 10.4. The van der Waals surface area contributed by atoms with Gasteiger partial charge in [-0.15, -0.1) is 0 Å². The maximum atomic E-state index is 12.9. The van der Waals surface area contributed by atoms with Gasteiger partial charge in [-0.25, -0.2) is 4.98 Å². The van der Waals surface area contributed by atoms with Crippen LogP contribution >= 0.6 is 0 Å². The Hall–Kier alpha value is -4.11. The van der Waals surface area contributed by atoms with E-state index in [1.54, 1.807) is 49.5 Å². The smallest absolute Gasteiger partial charge is 0.257 e. The number of nitrogens with zero attached hydrogens (tertiary/aromatic N) is 1. The predicted octanol–water partition coefficient (Wildman–Crippen LogP) is 3.65. The highest BCUT2D eigenvalue weighted by molar-refractivity contribution is 6.08. The molecule has 0 bridgehead atoms. The Kier molecular flexibility index (Phi) is 6.70. The molecular weight excluding hydrogens is 424 g/mol. The fraction of sp³-hybridized carbons (Fsp3) is 0.208. The van der Waals surface area contributed by atoms with E-state index < -0.39 is 6.10 Å². The molecule has 170 valence electrons. The fourth-order valence-corrected chi connectivity index (χ4v) is 3.19. The van der Waals surface area contributed by atoms with E-state index in [2.05, 4.69) is 20.9 Å². The highest BCUT2D eigenvalue weighted by Crippen LogP contribution is 2.34. The van der Waals surface area contributed by atoms with Gasteiger partial charge in [0.05, 0.1) is 5.56 Å². The third-order valence-corrected chi connectivity index (χ3v) is 5.08. The number of hydrogen-bond donors (Lipinski definition) is 3. The Morgan fingerprint density at radius 3 is 2.73 bits per heavy atom. The van der Waals surface area contributed by atoms with Gasteiger partial charge < -0.3 is 30.2 Å². The van der Waals surface area contributed by atoms with E-state index in [9.17, 15) is 9.59 Å². The first-order valence-electron chi connectivity index (χ1n) is 10.4. The molecule has 2 heterocycles. The summed E-state index contributed by atoms with van der Waals surface area (Å²) in [5.41, 5.74) is 2.66. The van der Waals surface area contributed by atoms with Crippen LogP contribution in [0.5, 0.6) is 11.5 Å². The molecule has 1 aliphatic rings. The monoisotopic (exact) mass is 448 g/mol. The average Bonchev–Trinajstić information content (AvgIpc) is 3.30. The molecule has 0 saturated carbocycles. The van der Waals surface area contributed by atoms with Crippen LogP contribution in [0.25, 0.3) is 0 Å². The highest BCUT2D eigenvalue weighted by atomic mass is 16.7. The van der Waals surface area contributed by atoms with Crippen molar-refractivity contribution in [2.24, 2.45) is 0 Å². The van der Waals surface area contributed by atoms with Gasteiger partial charge >= 0.3 is 0 Å². The zero-order chi connectivity index (χ0) is 23.2. The number of benzene rings is 2. The molecule has 2 amide bonds. The maximum absolute atomic E-state index is 12.9. The zero-order valence-corrected chi connectivity index (χ0v) is 18.3. The van der Waals surface area contributed by atoms with Crippen LogP contribution in [0.15, 0.2) is 60.8 Å². The molecule has 9 nitrogen and oxygen atoms in total. The van der Waals surface area contributed by atoms with Crippen molar-refractivity contribution in [2.75, 3.05) is 29.9 Å². The topological polar surface area (TPSA) is 111 Å². The summed E-state index contributed by atoms with van der Waals surface area (Å²) in [6.07, 6.45) is 1.03. The lowest BCUT2D eigenvalue weighted by atomic mass is 10.1. The Bertz CT molecular complexity index is 1170. The highest BCUT2D eigenvalue weighted by Gasteiger charge is 2.16. The van der Waals surface area contributed by atoms with E-state index in [0.29, 0.717) is 40.8 Å². The van der Waals surface area contributed by atoms with Crippen LogP contribution in [-0.2, 0) is 16.1 Å². The molecule has 4 rings (SSSR count). The van der Waals surface area contributed by atoms with E-state index in [-0.39, 0.29) is 18.6 Å². The molecule has 1 aromatic heterocycles. The lowest BCUT2D eigenvalue weighted by Crippen LogP contribution is -2.27. The molecule has 3 aromatic rings. The van der Waals surface area contributed by atoms with Crippen molar-refractivity contribution in [1.29, 1.82) is 0 Å². The van der Waals surface area contributed by atoms with Crippen LogP contribution < -0.4 is 25.4 Å². The molecule has 0 fully saturated rings. The van der Waals surface area contributed by atoms with Gasteiger partial charge in [0, 0.05) is 37.3 Å². The van der Waals surface area contributed by atoms with Crippen LogP contribution in [0, 0.1) is 0 Å². The van der Waals surface area contributed by atoms with Gasteiger partial charge in [-0.2, -0.15) is 0 Å². The van der Waals surface area contributed by atoms with Gasteiger partial charge in [0.2, 0.25) is 6.79 Å². The summed E-state index contributed by atoms with van der Waals surface area (Å²) in [4.78, 5) is 29.1. The first-order chi connectivity index (χ1) is 16.0. The van der Waals surface area contributed by atoms with Gasteiger partial charge in [-0.1, -0.05) is 12.1 Å². The van der Waals surface area contributed by atoms with Gasteiger partial charge in [0.1, 0.15) is 11.9 Å². The number of carbonyl (C=O) groups excluding carboxylic acids is 2. The summed E-state index contributed by atoms with van der Waals surface area (Å²) < 4.78 is 15.7. The number of fused-ring (bicyclic) bond motifs is 1. The second kappa shape index (κ2) is 10.0. The maximum Gasteiger partial charge on any atom is 0.257 e. The Morgan fingerprint density at radius 2 is 1.88 bits per heavy atom. The van der Waals surface area contributed by atoms with E-state index in [4.69, 9.17) is 14.2 Å². The zero-order valence-electron chi connectivity index (χ0n) is 18.3. The van der Waals surface area contributed by atoms with E-state index in [0.717, 1.165) is 5.56 Å². The van der Waals surface area contributed by atoms with Crippen molar-refractivity contribution in [3.05, 3.63) is 71.9 Å². The molecule has 0 radical (unpaired) electrons. The molecule has 2 aromatic carbocycles. The molecule has 0 aliphatic carbocycles. The second-order valence-corrected chi connectivity index (χ2v) is 7.34. The number of para-hydroxylation sites is 1. The summed E-state index contributed by atoms with van der Waals surface area (Å²) >= 11 is 0. The van der Waals surface area contributed by atoms with Crippen molar-refractivity contribution < 1.29 is 23.8 Å². The summed E-state index contributed by atoms with van der Waals surface area (Å²) in [5.74, 6) is 1.14. The number of nitrogens with one attached hydrogen (secondary N) is 3. The molecule has 0 saturated heterocycles. The Labute approximate surface area is 191 Å². The number of amides is 2. The number of methoxy groups -OCH3 is 1. The SMILES string of the molecule is COC(C)C(=O)Nc1cc(CNc2ccccc2C(=O)Nc2ccc3c(c2)OCO3)ccn1. The molecule has 1 unspecified atom stereocenters. The number of anilines is 3. The lowest BCUT2D eigenvalue weighted by Gasteiger charge is -2.14. The number of carbonyl (C=O) groups is 2. The summed E-state index contributed by atoms with van der Waals surface area (Å²) in [6.45, 7) is 2.26. The van der Waals surface area contributed by atoms with Gasteiger partial charge in [-0.3, -0.25) is 9.59 Å². The minimum absolute atomic E-state index is 0.172. The quantitative estimate of drug-likeness (QED) is 0.482. The van der Waals surface area contributed by atoms with E-state index in [1.165, 1.54) is 7.11 Å². The standard InChI is InChI=1S/C24H24N4O5/c1-15(31-2)23(29)28-22-11-16(9-10-25-22)13-26-19-6-4-3-5-18(19)24(30)27-17-7-8-20-21(12-17)33-14-32-20/h3-12,15,26H,13-14H2,1-2H3,(H,27,30)(H,25,28,29). The average molecular weight is 448 g/mol. The molecule has 1 aliphatic heterocycles. The minimum Gasteiger partial charge on any atom is -0.454 e. The van der Waals surface area contributed by atoms with Crippen molar-refractivity contribution >= 4 is 29.0 Å². The molecule has 3 N–H and O–H groups in total. The summed E-state index contributed by atoms with van der Waals surface area (Å²) in [7, 11) is 1.47. The number of ether oxygens (including phenoxy) is 3.